The van der Waals surface area contributed by atoms with Crippen molar-refractivity contribution in [1.82, 2.24) is 0 Å². The number of hydrogen-bond donors (Lipinski definition) is 0. The zero-order valence-electron chi connectivity index (χ0n) is 8.21. The van der Waals surface area contributed by atoms with E-state index in [0.29, 0.717) is 0 Å². The molecular weight excluding hydrogens is 189 g/mol. The molecule has 0 aliphatic heterocycles. The topological polar surface area (TPSA) is 12.4 Å². The molecular formula is C13H12FN. The molecule has 1 nitrogen and oxygen atoms in total. The molecule has 0 radical (unpaired) electrons. The lowest BCUT2D eigenvalue weighted by molar-refractivity contribution is 1.11. The van der Waals surface area contributed by atoms with Crippen LogP contribution in [0.5, 0.6) is 0 Å². The number of nitrogens with zero attached hydrogens (tertiary/aromatic N) is 1. The molecule has 2 aromatic rings. The van der Waals surface area contributed by atoms with Crippen molar-refractivity contribution >= 4 is 11.9 Å². The van der Waals surface area contributed by atoms with Gasteiger partial charge in [0.1, 0.15) is 0 Å². The maximum Gasteiger partial charge on any atom is 0.0629 e. The Balaban J connectivity index is 0.00000112. The molecule has 0 heterocycles. The number of aliphatic imine (C=N–C) groups is 1. The van der Waals surface area contributed by atoms with E-state index in [4.69, 9.17) is 0 Å². The van der Waals surface area contributed by atoms with E-state index in [9.17, 15) is 0 Å². The molecule has 0 atom stereocenters. The minimum atomic E-state index is 0. The van der Waals surface area contributed by atoms with E-state index in [1.807, 2.05) is 66.9 Å². The molecule has 0 aliphatic rings. The van der Waals surface area contributed by atoms with E-state index < -0.39 is 0 Å². The summed E-state index contributed by atoms with van der Waals surface area (Å²) in [5, 5.41) is 0. The molecule has 15 heavy (non-hydrogen) atoms. The lowest BCUT2D eigenvalue weighted by Gasteiger charge is -1.92. The predicted molar refractivity (Wildman–Crippen MR) is 62.6 cm³/mol. The average molecular weight is 201 g/mol. The standard InChI is InChI=1S/C13H11N.FH/c1-3-7-12(8-4-1)11-14-13-9-5-2-6-10-13;/h1-11H;1H. The van der Waals surface area contributed by atoms with E-state index in [2.05, 4.69) is 4.99 Å². The van der Waals surface area contributed by atoms with Crippen LogP contribution in [0.2, 0.25) is 0 Å². The van der Waals surface area contributed by atoms with Gasteiger partial charge in [-0.15, -0.1) is 0 Å². The Morgan fingerprint density at radius 3 is 1.87 bits per heavy atom. The molecule has 0 fully saturated rings. The molecule has 0 aromatic heterocycles. The number of hydrogen-bond acceptors (Lipinski definition) is 1. The Morgan fingerprint density at radius 2 is 1.27 bits per heavy atom. The highest BCUT2D eigenvalue weighted by molar-refractivity contribution is 5.81. The van der Waals surface area contributed by atoms with Gasteiger partial charge in [0, 0.05) is 6.21 Å². The zero-order valence-corrected chi connectivity index (χ0v) is 8.21. The molecule has 2 aromatic carbocycles. The first kappa shape index (κ1) is 11.1. The van der Waals surface area contributed by atoms with Crippen molar-refractivity contribution in [2.24, 2.45) is 4.99 Å². The van der Waals surface area contributed by atoms with Gasteiger partial charge in [-0.3, -0.25) is 9.70 Å². The summed E-state index contributed by atoms with van der Waals surface area (Å²) in [6.45, 7) is 0. The normalized spacial score (nSPS) is 9.87. The van der Waals surface area contributed by atoms with Crippen LogP contribution < -0.4 is 0 Å². The summed E-state index contributed by atoms with van der Waals surface area (Å²) < 4.78 is 0. The molecule has 76 valence electrons. The second-order valence-electron chi connectivity index (χ2n) is 3.00. The van der Waals surface area contributed by atoms with Gasteiger partial charge in [0.05, 0.1) is 5.69 Å². The van der Waals surface area contributed by atoms with Crippen LogP contribution in [0, 0.1) is 0 Å². The Labute approximate surface area is 88.5 Å². The molecule has 2 heteroatoms. The van der Waals surface area contributed by atoms with Gasteiger partial charge in [0.15, 0.2) is 0 Å². The van der Waals surface area contributed by atoms with Gasteiger partial charge in [-0.05, 0) is 17.7 Å². The second-order valence-corrected chi connectivity index (χ2v) is 3.00. The molecule has 0 saturated heterocycles. The van der Waals surface area contributed by atoms with Gasteiger partial charge in [-0.25, -0.2) is 0 Å². The summed E-state index contributed by atoms with van der Waals surface area (Å²) in [4.78, 5) is 4.35. The first-order chi connectivity index (χ1) is 6.95. The van der Waals surface area contributed by atoms with Gasteiger partial charge < -0.3 is 0 Å². The maximum absolute atomic E-state index is 4.35. The molecule has 0 bridgehead atoms. The van der Waals surface area contributed by atoms with Crippen LogP contribution in [0.3, 0.4) is 0 Å². The summed E-state index contributed by atoms with van der Waals surface area (Å²) in [5.74, 6) is 0. The summed E-state index contributed by atoms with van der Waals surface area (Å²) >= 11 is 0. The van der Waals surface area contributed by atoms with E-state index in [-0.39, 0.29) is 4.70 Å². The van der Waals surface area contributed by atoms with E-state index in [1.54, 1.807) is 0 Å². The highest BCUT2D eigenvalue weighted by Gasteiger charge is 1.85. The lowest BCUT2D eigenvalue weighted by Crippen LogP contribution is -1.77. The Bertz CT molecular complexity index is 368. The molecule has 0 spiro atoms. The summed E-state index contributed by atoms with van der Waals surface area (Å²) in [5.41, 5.74) is 2.10. The quantitative estimate of drug-likeness (QED) is 0.658. The van der Waals surface area contributed by atoms with Gasteiger partial charge in [-0.2, -0.15) is 0 Å². The Morgan fingerprint density at radius 1 is 0.733 bits per heavy atom. The third-order valence-electron chi connectivity index (χ3n) is 1.92. The van der Waals surface area contributed by atoms with Crippen molar-refractivity contribution in [2.45, 2.75) is 0 Å². The fraction of sp³-hybridized carbons (Fsp3) is 0. The van der Waals surface area contributed by atoms with Crippen LogP contribution in [0.4, 0.5) is 10.4 Å². The average Bonchev–Trinajstić information content (AvgIpc) is 2.29. The van der Waals surface area contributed by atoms with Gasteiger partial charge in [0.2, 0.25) is 0 Å². The van der Waals surface area contributed by atoms with Crippen LogP contribution in [0.25, 0.3) is 0 Å². The maximum atomic E-state index is 4.35. The van der Waals surface area contributed by atoms with Gasteiger partial charge in [0.25, 0.3) is 0 Å². The monoisotopic (exact) mass is 201 g/mol. The molecule has 0 aliphatic carbocycles. The zero-order chi connectivity index (χ0) is 9.64. The van der Waals surface area contributed by atoms with E-state index >= 15 is 0 Å². The smallest absolute Gasteiger partial charge is 0.0629 e. The van der Waals surface area contributed by atoms with Gasteiger partial charge in [-0.1, -0.05) is 48.5 Å². The van der Waals surface area contributed by atoms with Crippen molar-refractivity contribution < 1.29 is 4.70 Å². The summed E-state index contributed by atoms with van der Waals surface area (Å²) in [6, 6.07) is 20.0. The first-order valence-corrected chi connectivity index (χ1v) is 4.59. The van der Waals surface area contributed by atoms with Crippen LogP contribution in [0.15, 0.2) is 65.7 Å². The molecule has 0 amide bonds. The molecule has 2 rings (SSSR count). The van der Waals surface area contributed by atoms with Crippen LogP contribution in [-0.4, -0.2) is 6.21 Å². The van der Waals surface area contributed by atoms with Crippen LogP contribution in [-0.2, 0) is 0 Å². The molecule has 0 N–H and O–H groups in total. The fourth-order valence-corrected chi connectivity index (χ4v) is 1.20. The van der Waals surface area contributed by atoms with E-state index in [1.165, 1.54) is 0 Å². The van der Waals surface area contributed by atoms with Crippen molar-refractivity contribution in [2.75, 3.05) is 0 Å². The first-order valence-electron chi connectivity index (χ1n) is 4.59. The molecule has 0 unspecified atom stereocenters. The van der Waals surface area contributed by atoms with Crippen molar-refractivity contribution in [3.8, 4) is 0 Å². The van der Waals surface area contributed by atoms with Crippen molar-refractivity contribution in [1.29, 1.82) is 0 Å². The fourth-order valence-electron chi connectivity index (χ4n) is 1.20. The number of rotatable bonds is 2. The Hall–Kier alpha value is -1.96. The van der Waals surface area contributed by atoms with Crippen LogP contribution >= 0.6 is 0 Å². The lowest BCUT2D eigenvalue weighted by atomic mass is 10.2. The second kappa shape index (κ2) is 5.70. The number of benzene rings is 2. The number of halogens is 1. The third-order valence-corrected chi connectivity index (χ3v) is 1.92. The van der Waals surface area contributed by atoms with Crippen molar-refractivity contribution in [3.63, 3.8) is 0 Å². The van der Waals surface area contributed by atoms with Crippen LogP contribution in [0.1, 0.15) is 5.56 Å². The van der Waals surface area contributed by atoms with Crippen molar-refractivity contribution in [3.05, 3.63) is 66.2 Å². The third kappa shape index (κ3) is 3.35. The minimum absolute atomic E-state index is 0. The number of para-hydroxylation sites is 1. The minimum Gasteiger partial charge on any atom is -0.269 e. The molecule has 0 saturated carbocycles. The van der Waals surface area contributed by atoms with Gasteiger partial charge >= 0.3 is 0 Å². The summed E-state index contributed by atoms with van der Waals surface area (Å²) in [7, 11) is 0. The van der Waals surface area contributed by atoms with E-state index in [0.717, 1.165) is 11.3 Å². The Kier molecular flexibility index (Phi) is 4.23. The highest BCUT2D eigenvalue weighted by atomic mass is 19.0. The SMILES string of the molecule is C(=Nc1ccccc1)c1ccccc1.F. The summed E-state index contributed by atoms with van der Waals surface area (Å²) in [6.07, 6.45) is 1.87. The highest BCUT2D eigenvalue weighted by Crippen LogP contribution is 2.09. The predicted octanol–water partition coefficient (Wildman–Crippen LogP) is 3.59. The largest absolute Gasteiger partial charge is 0.269 e.